The van der Waals surface area contributed by atoms with Gasteiger partial charge in [-0.3, -0.25) is 9.36 Å². The van der Waals surface area contributed by atoms with Gasteiger partial charge in [0.25, 0.3) is 0 Å². The highest BCUT2D eigenvalue weighted by Gasteiger charge is 2.28. The highest BCUT2D eigenvalue weighted by Crippen LogP contribution is 2.44. The Labute approximate surface area is 150 Å². The number of imidazole rings is 1. The summed E-state index contributed by atoms with van der Waals surface area (Å²) < 4.78 is 6.69. The number of aromatic nitrogens is 2. The Bertz CT molecular complexity index is 905. The number of amides is 1. The van der Waals surface area contributed by atoms with Crippen molar-refractivity contribution in [2.45, 2.75) is 5.92 Å². The van der Waals surface area contributed by atoms with Crippen LogP contribution >= 0.6 is 0 Å². The van der Waals surface area contributed by atoms with Crippen molar-refractivity contribution < 1.29 is 14.3 Å². The third-order valence-corrected chi connectivity index (χ3v) is 4.50. The fourth-order valence-corrected chi connectivity index (χ4v) is 3.29. The summed E-state index contributed by atoms with van der Waals surface area (Å²) in [6.07, 6.45) is 4.37. The number of carbonyl (C=O) groups excluding carboxylic acids is 2. The molecule has 0 spiro atoms. The molecule has 1 heterocycles. The molecule has 3 aromatic rings. The number of fused-ring (bicyclic) bond motifs is 3. The largest absolute Gasteiger partial charge is 0.463 e. The van der Waals surface area contributed by atoms with Crippen LogP contribution in [0.5, 0.6) is 0 Å². The van der Waals surface area contributed by atoms with Gasteiger partial charge < -0.3 is 10.1 Å². The van der Waals surface area contributed by atoms with Crippen LogP contribution in [0.15, 0.2) is 67.3 Å². The maximum Gasteiger partial charge on any atom is 0.327 e. The molecule has 1 N–H and O–H groups in total. The first-order chi connectivity index (χ1) is 12.7. The minimum absolute atomic E-state index is 0.00991. The number of hydrogen-bond acceptors (Lipinski definition) is 4. The maximum absolute atomic E-state index is 12.0. The van der Waals surface area contributed by atoms with Gasteiger partial charge in [0.2, 0.25) is 0 Å². The fraction of sp³-hybridized carbons (Fsp3) is 0.150. The van der Waals surface area contributed by atoms with Gasteiger partial charge in [0.15, 0.2) is 0 Å². The molecular weight excluding hydrogens is 330 g/mol. The van der Waals surface area contributed by atoms with Crippen molar-refractivity contribution in [1.29, 1.82) is 0 Å². The van der Waals surface area contributed by atoms with E-state index in [2.05, 4.69) is 34.6 Å². The Balaban J connectivity index is 1.40. The molecule has 2 aromatic carbocycles. The first-order valence-electron chi connectivity index (χ1n) is 8.34. The summed E-state index contributed by atoms with van der Waals surface area (Å²) >= 11 is 0. The van der Waals surface area contributed by atoms with Crippen LogP contribution in [0.25, 0.3) is 11.1 Å². The molecule has 0 fully saturated rings. The lowest BCUT2D eigenvalue weighted by Gasteiger charge is -2.14. The molecule has 0 saturated carbocycles. The summed E-state index contributed by atoms with van der Waals surface area (Å²) in [5.74, 6) is -0.462. The lowest BCUT2D eigenvalue weighted by Crippen LogP contribution is -2.33. The van der Waals surface area contributed by atoms with Crippen molar-refractivity contribution in [3.8, 4) is 11.1 Å². The predicted molar refractivity (Wildman–Crippen MR) is 95.7 cm³/mol. The first-order valence-corrected chi connectivity index (χ1v) is 8.34. The molecule has 0 atom stereocenters. The highest BCUT2D eigenvalue weighted by atomic mass is 16.5. The zero-order valence-corrected chi connectivity index (χ0v) is 14.0. The van der Waals surface area contributed by atoms with E-state index in [1.165, 1.54) is 34.4 Å². The smallest absolute Gasteiger partial charge is 0.327 e. The summed E-state index contributed by atoms with van der Waals surface area (Å²) in [4.78, 5) is 27.6. The molecule has 6 nitrogen and oxygen atoms in total. The van der Waals surface area contributed by atoms with E-state index >= 15 is 0 Å². The van der Waals surface area contributed by atoms with Crippen molar-refractivity contribution in [3.63, 3.8) is 0 Å². The van der Waals surface area contributed by atoms with Crippen molar-refractivity contribution in [2.24, 2.45) is 0 Å². The second-order valence-corrected chi connectivity index (χ2v) is 6.04. The predicted octanol–water partition coefficient (Wildman–Crippen LogP) is 2.80. The number of esters is 1. The Morgan fingerprint density at radius 1 is 1.04 bits per heavy atom. The summed E-state index contributed by atoms with van der Waals surface area (Å²) in [6, 6.07) is 15.9. The Kier molecular flexibility index (Phi) is 4.23. The normalized spacial score (nSPS) is 12.3. The molecule has 0 saturated heterocycles. The molecule has 1 aromatic heterocycles. The van der Waals surface area contributed by atoms with E-state index in [-0.39, 0.29) is 19.1 Å². The van der Waals surface area contributed by atoms with Crippen LogP contribution in [0.2, 0.25) is 0 Å². The molecule has 4 rings (SSSR count). The van der Waals surface area contributed by atoms with Crippen LogP contribution in [0.1, 0.15) is 17.0 Å². The van der Waals surface area contributed by atoms with Crippen LogP contribution in [0, 0.1) is 0 Å². The molecule has 0 unspecified atom stereocenters. The van der Waals surface area contributed by atoms with E-state index in [4.69, 9.17) is 4.74 Å². The van der Waals surface area contributed by atoms with Gasteiger partial charge in [0.1, 0.15) is 19.5 Å². The van der Waals surface area contributed by atoms with Gasteiger partial charge >= 0.3 is 12.0 Å². The monoisotopic (exact) mass is 347 g/mol. The summed E-state index contributed by atoms with van der Waals surface area (Å²) in [6.45, 7) is 0.0564. The second kappa shape index (κ2) is 6.84. The second-order valence-electron chi connectivity index (χ2n) is 6.04. The van der Waals surface area contributed by atoms with E-state index in [0.717, 1.165) is 11.1 Å². The zero-order valence-electron chi connectivity index (χ0n) is 14.0. The number of nitrogens with zero attached hydrogens (tertiary/aromatic N) is 2. The number of nitrogens with one attached hydrogen (secondary N) is 1. The third-order valence-electron chi connectivity index (χ3n) is 4.50. The van der Waals surface area contributed by atoms with Crippen LogP contribution in [0.4, 0.5) is 4.79 Å². The van der Waals surface area contributed by atoms with Gasteiger partial charge in [-0.05, 0) is 22.3 Å². The third kappa shape index (κ3) is 2.97. The van der Waals surface area contributed by atoms with Crippen molar-refractivity contribution in [3.05, 3.63) is 78.4 Å². The molecule has 130 valence electrons. The molecular formula is C20H17N3O3. The van der Waals surface area contributed by atoms with Crippen molar-refractivity contribution in [1.82, 2.24) is 14.9 Å². The molecule has 1 aliphatic rings. The van der Waals surface area contributed by atoms with Crippen LogP contribution in [-0.4, -0.2) is 34.7 Å². The molecule has 26 heavy (non-hydrogen) atoms. The van der Waals surface area contributed by atoms with Gasteiger partial charge in [0.05, 0.1) is 0 Å². The van der Waals surface area contributed by atoms with E-state index < -0.39 is 12.0 Å². The van der Waals surface area contributed by atoms with Crippen molar-refractivity contribution in [2.75, 3.05) is 13.2 Å². The standard InChI is InChI=1S/C20H17N3O3/c24-19(11-22-20(25)23-10-9-21-13-23)26-12-18-16-7-3-1-5-14(16)15-6-2-4-8-17(15)18/h1-10,13,18H,11-12H2,(H,22,25). The van der Waals surface area contributed by atoms with E-state index in [0.29, 0.717) is 0 Å². The molecule has 0 aliphatic heterocycles. The quantitative estimate of drug-likeness (QED) is 0.737. The molecule has 0 radical (unpaired) electrons. The topological polar surface area (TPSA) is 73.2 Å². The van der Waals surface area contributed by atoms with E-state index in [1.807, 2.05) is 24.3 Å². The highest BCUT2D eigenvalue weighted by molar-refractivity contribution is 5.82. The van der Waals surface area contributed by atoms with Gasteiger partial charge in [0, 0.05) is 18.3 Å². The molecule has 1 aliphatic carbocycles. The maximum atomic E-state index is 12.0. The number of benzene rings is 2. The Morgan fingerprint density at radius 3 is 2.31 bits per heavy atom. The summed E-state index contributed by atoms with van der Waals surface area (Å²) in [5.41, 5.74) is 4.67. The molecule has 0 bridgehead atoms. The number of rotatable bonds is 4. The van der Waals surface area contributed by atoms with Crippen LogP contribution in [0.3, 0.4) is 0 Å². The van der Waals surface area contributed by atoms with E-state index in [1.54, 1.807) is 0 Å². The first kappa shape index (κ1) is 16.1. The Morgan fingerprint density at radius 2 is 1.69 bits per heavy atom. The van der Waals surface area contributed by atoms with E-state index in [9.17, 15) is 9.59 Å². The minimum atomic E-state index is -0.472. The van der Waals surface area contributed by atoms with Crippen LogP contribution in [-0.2, 0) is 9.53 Å². The average Bonchev–Trinajstić information content (AvgIpc) is 3.31. The lowest BCUT2D eigenvalue weighted by atomic mass is 9.98. The SMILES string of the molecule is O=C(CNC(=O)n1ccnc1)OCC1c2ccccc2-c2ccccc21. The van der Waals surface area contributed by atoms with Gasteiger partial charge in [-0.1, -0.05) is 48.5 Å². The molecule has 1 amide bonds. The van der Waals surface area contributed by atoms with Gasteiger partial charge in [-0.25, -0.2) is 9.78 Å². The lowest BCUT2D eigenvalue weighted by molar-refractivity contribution is -0.142. The zero-order chi connectivity index (χ0) is 17.9. The number of ether oxygens (including phenoxy) is 1. The average molecular weight is 347 g/mol. The van der Waals surface area contributed by atoms with Crippen LogP contribution < -0.4 is 5.32 Å². The Hall–Kier alpha value is -3.41. The number of hydrogen-bond donors (Lipinski definition) is 1. The van der Waals surface area contributed by atoms with Gasteiger partial charge in [-0.15, -0.1) is 0 Å². The minimum Gasteiger partial charge on any atom is -0.463 e. The van der Waals surface area contributed by atoms with Crippen molar-refractivity contribution >= 4 is 12.0 Å². The fourth-order valence-electron chi connectivity index (χ4n) is 3.29. The summed E-state index contributed by atoms with van der Waals surface area (Å²) in [7, 11) is 0. The number of carbonyl (C=O) groups is 2. The molecule has 6 heteroatoms. The van der Waals surface area contributed by atoms with Gasteiger partial charge in [-0.2, -0.15) is 0 Å². The summed E-state index contributed by atoms with van der Waals surface area (Å²) in [5, 5.41) is 2.51.